The summed E-state index contributed by atoms with van der Waals surface area (Å²) in [6, 6.07) is 69.4. The van der Waals surface area contributed by atoms with Gasteiger partial charge in [0.05, 0.1) is 22.1 Å². The minimum Gasteiger partial charge on any atom is -0.323 e. The van der Waals surface area contributed by atoms with Crippen LogP contribution in [0.5, 0.6) is 0 Å². The molecule has 0 aliphatic heterocycles. The molecular formula is C58H50N4. The van der Waals surface area contributed by atoms with E-state index in [1.165, 1.54) is 127 Å². The molecule has 11 aromatic rings. The van der Waals surface area contributed by atoms with Crippen LogP contribution >= 0.6 is 0 Å². The average Bonchev–Trinajstić information content (AvgIpc) is 4.07. The van der Waals surface area contributed by atoms with Gasteiger partial charge >= 0.3 is 0 Å². The number of rotatable bonds is 6. The van der Waals surface area contributed by atoms with Crippen LogP contribution in [0.4, 0.5) is 0 Å². The van der Waals surface area contributed by atoms with Gasteiger partial charge in [0.2, 0.25) is 0 Å². The second-order valence-electron chi connectivity index (χ2n) is 18.3. The summed E-state index contributed by atoms with van der Waals surface area (Å²) in [5.74, 6) is 1.10. The fraction of sp³-hybridized carbons (Fsp3) is 0.207. The minimum atomic E-state index is 0.390. The normalized spacial score (nSPS) is 19.7. The number of aromatic nitrogens is 4. The molecule has 302 valence electrons. The molecule has 7 aromatic carbocycles. The van der Waals surface area contributed by atoms with Crippen LogP contribution in [-0.2, 0) is 0 Å². The van der Waals surface area contributed by atoms with E-state index in [0.29, 0.717) is 23.9 Å². The van der Waals surface area contributed by atoms with Crippen molar-refractivity contribution in [1.82, 2.24) is 18.3 Å². The maximum absolute atomic E-state index is 2.75. The molecule has 4 heteroatoms. The van der Waals surface area contributed by atoms with Crippen LogP contribution in [0.1, 0.15) is 86.4 Å². The first-order valence-electron chi connectivity index (χ1n) is 23.0. The Balaban J connectivity index is 1.04. The Bertz CT molecular complexity index is 3220. The standard InChI is InChI=1S/C58H50N4/c1-3-18-39(19-4-1)41-22-15-24-43(36-41)59-51-32-11-7-28-47(51)55-49-30-9-13-34-53(49)61(57(55)59)45-26-17-27-46(38-45)62-54-35-14-10-31-50(54)56-48-29-8-12-33-52(48)60(58(56)62)44-25-16-23-42(37-44)40-20-5-2-6-21-40/h1-14,17-21,26-35,38,41-44H,15-16,22-25,36-37H2. The van der Waals surface area contributed by atoms with Gasteiger partial charge < -0.3 is 9.13 Å². The van der Waals surface area contributed by atoms with Crippen LogP contribution in [0.25, 0.3) is 77.1 Å². The van der Waals surface area contributed by atoms with E-state index in [4.69, 9.17) is 0 Å². The number of hydrogen-bond acceptors (Lipinski definition) is 0. The lowest BCUT2D eigenvalue weighted by Gasteiger charge is -2.32. The van der Waals surface area contributed by atoms with Crippen LogP contribution in [0.3, 0.4) is 0 Å². The summed E-state index contributed by atoms with van der Waals surface area (Å²) < 4.78 is 10.7. The molecule has 4 aromatic heterocycles. The summed E-state index contributed by atoms with van der Waals surface area (Å²) in [7, 11) is 0. The largest absolute Gasteiger partial charge is 0.323 e. The van der Waals surface area contributed by atoms with Gasteiger partial charge in [0.1, 0.15) is 11.3 Å². The molecule has 0 radical (unpaired) electrons. The molecule has 13 rings (SSSR count). The lowest BCUT2D eigenvalue weighted by atomic mass is 9.81. The monoisotopic (exact) mass is 802 g/mol. The van der Waals surface area contributed by atoms with Gasteiger partial charge in [-0.2, -0.15) is 0 Å². The number of nitrogens with zero attached hydrogens (tertiary/aromatic N) is 4. The highest BCUT2D eigenvalue weighted by molar-refractivity contribution is 6.23. The Labute approximate surface area is 362 Å². The summed E-state index contributed by atoms with van der Waals surface area (Å²) in [5, 5.41) is 8.05. The molecule has 0 spiro atoms. The third kappa shape index (κ3) is 5.45. The van der Waals surface area contributed by atoms with E-state index in [2.05, 4.69) is 200 Å². The van der Waals surface area contributed by atoms with Crippen molar-refractivity contribution in [2.24, 2.45) is 0 Å². The van der Waals surface area contributed by atoms with Crippen molar-refractivity contribution >= 4 is 65.7 Å². The molecule has 2 saturated carbocycles. The highest BCUT2D eigenvalue weighted by Gasteiger charge is 2.32. The molecule has 4 unspecified atom stereocenters. The van der Waals surface area contributed by atoms with Crippen LogP contribution in [0, 0.1) is 0 Å². The van der Waals surface area contributed by atoms with Crippen LogP contribution in [-0.4, -0.2) is 18.3 Å². The maximum Gasteiger partial charge on any atom is 0.127 e. The van der Waals surface area contributed by atoms with Crippen molar-refractivity contribution in [3.05, 3.63) is 193 Å². The van der Waals surface area contributed by atoms with Gasteiger partial charge in [0.25, 0.3) is 0 Å². The molecule has 2 aliphatic rings. The summed E-state index contributed by atoms with van der Waals surface area (Å²) in [6.07, 6.45) is 9.60. The first kappa shape index (κ1) is 35.9. The fourth-order valence-electron chi connectivity index (χ4n) is 12.3. The highest BCUT2D eigenvalue weighted by Crippen LogP contribution is 2.48. The molecule has 4 nitrogen and oxygen atoms in total. The zero-order valence-corrected chi connectivity index (χ0v) is 35.1. The van der Waals surface area contributed by atoms with Gasteiger partial charge in [-0.3, -0.25) is 9.13 Å². The lowest BCUT2D eigenvalue weighted by Crippen LogP contribution is -2.19. The molecule has 0 bridgehead atoms. The Morgan fingerprint density at radius 1 is 0.339 bits per heavy atom. The van der Waals surface area contributed by atoms with E-state index in [1.54, 1.807) is 0 Å². The van der Waals surface area contributed by atoms with Gasteiger partial charge in [-0.05, 0) is 104 Å². The van der Waals surface area contributed by atoms with E-state index in [9.17, 15) is 0 Å². The molecule has 2 aliphatic carbocycles. The Kier molecular flexibility index (Phi) is 8.35. The second kappa shape index (κ2) is 14.4. The quantitative estimate of drug-likeness (QED) is 0.160. The zero-order valence-electron chi connectivity index (χ0n) is 35.1. The van der Waals surface area contributed by atoms with Crippen LogP contribution < -0.4 is 0 Å². The Morgan fingerprint density at radius 3 is 1.15 bits per heavy atom. The third-order valence-corrected chi connectivity index (χ3v) is 14.9. The number of hydrogen-bond donors (Lipinski definition) is 0. The van der Waals surface area contributed by atoms with Gasteiger partial charge in [-0.1, -0.05) is 152 Å². The smallest absolute Gasteiger partial charge is 0.127 e. The molecule has 0 amide bonds. The molecule has 2 fully saturated rings. The van der Waals surface area contributed by atoms with E-state index < -0.39 is 0 Å². The first-order valence-corrected chi connectivity index (χ1v) is 23.0. The Morgan fingerprint density at radius 2 is 0.710 bits per heavy atom. The molecule has 0 saturated heterocycles. The van der Waals surface area contributed by atoms with Crippen LogP contribution in [0.15, 0.2) is 182 Å². The summed E-state index contributed by atoms with van der Waals surface area (Å²) in [6.45, 7) is 0. The summed E-state index contributed by atoms with van der Waals surface area (Å²) in [5.41, 5.74) is 13.2. The molecule has 62 heavy (non-hydrogen) atoms. The lowest BCUT2D eigenvalue weighted by molar-refractivity contribution is 0.329. The van der Waals surface area contributed by atoms with E-state index in [0.717, 1.165) is 12.8 Å². The zero-order chi connectivity index (χ0) is 40.7. The summed E-state index contributed by atoms with van der Waals surface area (Å²) in [4.78, 5) is 0. The molecule has 0 N–H and O–H groups in total. The number of para-hydroxylation sites is 4. The van der Waals surface area contributed by atoms with Gasteiger partial charge in [0, 0.05) is 55.8 Å². The SMILES string of the molecule is c1ccc(C2CCCC(n3c4ccccc4c4c5ccccc5n(-c5cccc(-n6c7ccccc7c7c8ccccc8n(C8CCCC(c9ccccc9)C8)c76)c5)c43)C2)cc1. The van der Waals surface area contributed by atoms with Crippen molar-refractivity contribution in [3.8, 4) is 11.4 Å². The minimum absolute atomic E-state index is 0.390. The van der Waals surface area contributed by atoms with Crippen molar-refractivity contribution in [3.63, 3.8) is 0 Å². The number of benzene rings is 7. The van der Waals surface area contributed by atoms with Crippen molar-refractivity contribution < 1.29 is 0 Å². The topological polar surface area (TPSA) is 19.7 Å². The predicted molar refractivity (Wildman–Crippen MR) is 259 cm³/mol. The van der Waals surface area contributed by atoms with Crippen molar-refractivity contribution in [2.75, 3.05) is 0 Å². The average molecular weight is 803 g/mol. The van der Waals surface area contributed by atoms with E-state index in [-0.39, 0.29) is 0 Å². The van der Waals surface area contributed by atoms with Gasteiger partial charge in [-0.25, -0.2) is 0 Å². The third-order valence-electron chi connectivity index (χ3n) is 14.9. The maximum atomic E-state index is 2.75. The highest BCUT2D eigenvalue weighted by atomic mass is 15.2. The first-order chi connectivity index (χ1) is 30.8. The summed E-state index contributed by atoms with van der Waals surface area (Å²) >= 11 is 0. The van der Waals surface area contributed by atoms with Crippen LogP contribution in [0.2, 0.25) is 0 Å². The fourth-order valence-corrected chi connectivity index (χ4v) is 12.3. The van der Waals surface area contributed by atoms with E-state index >= 15 is 0 Å². The molecule has 4 atom stereocenters. The second-order valence-corrected chi connectivity index (χ2v) is 18.3. The van der Waals surface area contributed by atoms with Crippen molar-refractivity contribution in [2.45, 2.75) is 75.3 Å². The molecular weight excluding hydrogens is 753 g/mol. The van der Waals surface area contributed by atoms with Gasteiger partial charge in [-0.15, -0.1) is 0 Å². The van der Waals surface area contributed by atoms with Crippen molar-refractivity contribution in [1.29, 1.82) is 0 Å². The van der Waals surface area contributed by atoms with E-state index in [1.807, 2.05) is 0 Å². The van der Waals surface area contributed by atoms with Gasteiger partial charge in [0.15, 0.2) is 0 Å². The Hall–Kier alpha value is -6.78. The number of fused-ring (bicyclic) bond motifs is 10. The predicted octanol–water partition coefficient (Wildman–Crippen LogP) is 15.6. The molecule has 4 heterocycles.